The van der Waals surface area contributed by atoms with Crippen molar-refractivity contribution in [2.45, 2.75) is 102 Å². The summed E-state index contributed by atoms with van der Waals surface area (Å²) >= 11 is 1.55. The second-order valence-electron chi connectivity index (χ2n) is 11.6. The highest BCUT2D eigenvalue weighted by Gasteiger charge is 2.28. The highest BCUT2D eigenvalue weighted by Crippen LogP contribution is 2.42. The smallest absolute Gasteiger partial charge is 0.234 e. The van der Waals surface area contributed by atoms with Gasteiger partial charge in [-0.1, -0.05) is 41.5 Å². The maximum atomic E-state index is 13.1. The molecule has 1 aromatic heterocycles. The van der Waals surface area contributed by atoms with Gasteiger partial charge in [0.25, 0.3) is 0 Å². The fourth-order valence-electron chi connectivity index (χ4n) is 5.06. The molecule has 0 fully saturated rings. The molecule has 0 unspecified atom stereocenters. The first-order chi connectivity index (χ1) is 15.4. The van der Waals surface area contributed by atoms with Gasteiger partial charge in [0.1, 0.15) is 5.75 Å². The van der Waals surface area contributed by atoms with Crippen LogP contribution < -0.4 is 5.32 Å². The molecule has 1 aromatic carbocycles. The molecule has 0 spiro atoms. The van der Waals surface area contributed by atoms with Crippen LogP contribution in [0.1, 0.15) is 94.4 Å². The number of thioether (sulfide) groups is 1. The van der Waals surface area contributed by atoms with Crippen molar-refractivity contribution in [1.82, 2.24) is 4.98 Å². The van der Waals surface area contributed by atoms with Crippen LogP contribution in [0.5, 0.6) is 5.75 Å². The molecule has 1 heterocycles. The topological polar surface area (TPSA) is 62.2 Å². The molecule has 0 radical (unpaired) electrons. The number of aromatic hydroxyl groups is 1. The van der Waals surface area contributed by atoms with E-state index in [0.717, 1.165) is 53.8 Å². The third kappa shape index (κ3) is 5.08. The molecule has 33 heavy (non-hydrogen) atoms. The van der Waals surface area contributed by atoms with Crippen LogP contribution in [0.2, 0.25) is 0 Å². The van der Waals surface area contributed by atoms with Crippen LogP contribution >= 0.6 is 11.8 Å². The van der Waals surface area contributed by atoms with Crippen molar-refractivity contribution in [2.24, 2.45) is 0 Å². The highest BCUT2D eigenvalue weighted by atomic mass is 32.2. The number of amides is 1. The minimum absolute atomic E-state index is 0.0377. The number of anilines is 1. The van der Waals surface area contributed by atoms with Gasteiger partial charge in [-0.2, -0.15) is 0 Å². The number of rotatable bonds is 4. The van der Waals surface area contributed by atoms with Gasteiger partial charge < -0.3 is 10.4 Å². The molecule has 1 amide bonds. The van der Waals surface area contributed by atoms with Crippen LogP contribution in [0.3, 0.4) is 0 Å². The van der Waals surface area contributed by atoms with E-state index < -0.39 is 0 Å². The Bertz CT molecular complexity index is 1040. The largest absolute Gasteiger partial charge is 0.507 e. The normalized spacial score (nSPS) is 15.8. The third-order valence-corrected chi connectivity index (χ3v) is 7.81. The molecular weight excluding hydrogens is 428 g/mol. The Morgan fingerprint density at radius 3 is 2.00 bits per heavy atom. The highest BCUT2D eigenvalue weighted by molar-refractivity contribution is 8.00. The van der Waals surface area contributed by atoms with Crippen molar-refractivity contribution in [3.8, 4) is 5.75 Å². The number of nitrogens with one attached hydrogen (secondary N) is 1. The van der Waals surface area contributed by atoms with E-state index in [2.05, 4.69) is 59.0 Å². The molecule has 5 heteroatoms. The first kappa shape index (κ1) is 24.1. The lowest BCUT2D eigenvalue weighted by molar-refractivity contribution is -0.113. The molecular formula is C28H38N2O2S. The summed E-state index contributed by atoms with van der Waals surface area (Å²) in [6.07, 6.45) is 7.57. The van der Waals surface area contributed by atoms with E-state index in [1.165, 1.54) is 35.4 Å². The van der Waals surface area contributed by atoms with E-state index in [0.29, 0.717) is 11.5 Å². The molecule has 2 aromatic rings. The number of carbonyl (C=O) groups is 1. The first-order valence-electron chi connectivity index (χ1n) is 12.3. The number of phenolic OH excluding ortho intramolecular Hbond substituents is 1. The van der Waals surface area contributed by atoms with Crippen molar-refractivity contribution in [3.05, 3.63) is 45.8 Å². The van der Waals surface area contributed by atoms with Gasteiger partial charge in [0, 0.05) is 27.4 Å². The molecule has 2 N–H and O–H groups in total. The van der Waals surface area contributed by atoms with Gasteiger partial charge in [0.05, 0.1) is 11.4 Å². The van der Waals surface area contributed by atoms with Gasteiger partial charge in [-0.15, -0.1) is 11.8 Å². The Morgan fingerprint density at radius 1 is 0.909 bits per heavy atom. The lowest BCUT2D eigenvalue weighted by atomic mass is 9.79. The molecule has 178 valence electrons. The van der Waals surface area contributed by atoms with Crippen LogP contribution in [0.25, 0.3) is 0 Å². The van der Waals surface area contributed by atoms with Crippen LogP contribution in [0.15, 0.2) is 17.0 Å². The summed E-state index contributed by atoms with van der Waals surface area (Å²) in [6, 6.07) is 4.10. The van der Waals surface area contributed by atoms with Crippen LogP contribution in [-0.2, 0) is 41.3 Å². The minimum atomic E-state index is -0.181. The standard InChI is InChI=1S/C28H38N2O2S/c1-27(2,3)20-14-17(15-21(26(20)32)28(4,5)6)33-16-24(31)30-25-18-10-7-8-12-22(18)29-23-13-9-11-19(23)25/h14-15,32H,7-13,16H2,1-6H3,(H,29,30,31). The molecule has 2 aliphatic carbocycles. The average molecular weight is 467 g/mol. The van der Waals surface area contributed by atoms with Gasteiger partial charge in [-0.25, -0.2) is 0 Å². The van der Waals surface area contributed by atoms with E-state index >= 15 is 0 Å². The van der Waals surface area contributed by atoms with Crippen molar-refractivity contribution in [1.29, 1.82) is 0 Å². The predicted molar refractivity (Wildman–Crippen MR) is 138 cm³/mol. The molecule has 0 saturated heterocycles. The first-order valence-corrected chi connectivity index (χ1v) is 13.3. The number of carbonyl (C=O) groups excluding carboxylic acids is 1. The van der Waals surface area contributed by atoms with E-state index in [-0.39, 0.29) is 16.7 Å². The number of aromatic nitrogens is 1. The summed E-state index contributed by atoms with van der Waals surface area (Å²) in [4.78, 5) is 19.1. The van der Waals surface area contributed by atoms with Gasteiger partial charge >= 0.3 is 0 Å². The molecule has 0 saturated carbocycles. The number of phenols is 1. The monoisotopic (exact) mass is 466 g/mol. The van der Waals surface area contributed by atoms with Crippen LogP contribution in [-0.4, -0.2) is 21.8 Å². The van der Waals surface area contributed by atoms with E-state index in [4.69, 9.17) is 4.98 Å². The van der Waals surface area contributed by atoms with Gasteiger partial charge in [-0.05, 0) is 79.0 Å². The fraction of sp³-hybridized carbons (Fsp3) is 0.571. The van der Waals surface area contributed by atoms with Gasteiger partial charge in [-0.3, -0.25) is 9.78 Å². The maximum Gasteiger partial charge on any atom is 0.234 e. The van der Waals surface area contributed by atoms with Crippen molar-refractivity contribution < 1.29 is 9.90 Å². The lowest BCUT2D eigenvalue weighted by Gasteiger charge is -2.28. The fourth-order valence-corrected chi connectivity index (χ4v) is 5.83. The molecule has 0 atom stereocenters. The number of pyridine rings is 1. The Hall–Kier alpha value is -2.01. The Balaban J connectivity index is 1.57. The SMILES string of the molecule is CC(C)(C)c1cc(SCC(=O)Nc2c3c(nc4c2CCC4)CCCC3)cc(C(C)(C)C)c1O. The van der Waals surface area contributed by atoms with Gasteiger partial charge in [0.15, 0.2) is 0 Å². The summed E-state index contributed by atoms with van der Waals surface area (Å²) in [7, 11) is 0. The summed E-state index contributed by atoms with van der Waals surface area (Å²) < 4.78 is 0. The van der Waals surface area contributed by atoms with Crippen LogP contribution in [0.4, 0.5) is 5.69 Å². The van der Waals surface area contributed by atoms with Crippen molar-refractivity contribution in [3.63, 3.8) is 0 Å². The molecule has 4 rings (SSSR count). The van der Waals surface area contributed by atoms with E-state index in [9.17, 15) is 9.90 Å². The second kappa shape index (κ2) is 8.98. The molecule has 0 bridgehead atoms. The van der Waals surface area contributed by atoms with E-state index in [1.807, 2.05) is 0 Å². The number of hydrogen-bond acceptors (Lipinski definition) is 4. The summed E-state index contributed by atoms with van der Waals surface area (Å²) in [5.41, 5.74) is 7.50. The molecule has 4 nitrogen and oxygen atoms in total. The minimum Gasteiger partial charge on any atom is -0.507 e. The number of fused-ring (bicyclic) bond motifs is 2. The van der Waals surface area contributed by atoms with Gasteiger partial charge in [0.2, 0.25) is 5.91 Å². The number of hydrogen-bond donors (Lipinski definition) is 2. The number of aryl methyl sites for hydroxylation is 2. The lowest BCUT2D eigenvalue weighted by Crippen LogP contribution is -2.20. The zero-order valence-electron chi connectivity index (χ0n) is 21.0. The zero-order chi connectivity index (χ0) is 24.0. The second-order valence-corrected chi connectivity index (χ2v) is 12.7. The zero-order valence-corrected chi connectivity index (χ0v) is 21.8. The Labute approximate surface area is 203 Å². The van der Waals surface area contributed by atoms with Crippen LogP contribution in [0, 0.1) is 0 Å². The number of benzene rings is 1. The van der Waals surface area contributed by atoms with Crippen molar-refractivity contribution >= 4 is 23.4 Å². The Kier molecular flexibility index (Phi) is 6.56. The van der Waals surface area contributed by atoms with E-state index in [1.54, 1.807) is 11.8 Å². The summed E-state index contributed by atoms with van der Waals surface area (Å²) in [5.74, 6) is 0.766. The quantitative estimate of drug-likeness (QED) is 0.506. The Morgan fingerprint density at radius 2 is 1.42 bits per heavy atom. The van der Waals surface area contributed by atoms with Crippen molar-refractivity contribution in [2.75, 3.05) is 11.1 Å². The molecule has 0 aliphatic heterocycles. The molecule has 2 aliphatic rings. The predicted octanol–water partition coefficient (Wildman–Crippen LogP) is 6.48. The summed E-state index contributed by atoms with van der Waals surface area (Å²) in [5, 5.41) is 14.3. The average Bonchev–Trinajstić information content (AvgIpc) is 3.19. The maximum absolute atomic E-state index is 13.1. The number of nitrogens with zero attached hydrogens (tertiary/aromatic N) is 1. The third-order valence-electron chi connectivity index (χ3n) is 6.83. The summed E-state index contributed by atoms with van der Waals surface area (Å²) in [6.45, 7) is 12.7.